The first-order valence-electron chi connectivity index (χ1n) is 5.59. The van der Waals surface area contributed by atoms with Crippen molar-refractivity contribution in [1.82, 2.24) is 10.5 Å². The first kappa shape index (κ1) is 18.3. The molecule has 112 valence electrons. The number of imidazole rings is 1. The van der Waals surface area contributed by atoms with E-state index in [0.29, 0.717) is 0 Å². The minimum atomic E-state index is -0.179. The summed E-state index contributed by atoms with van der Waals surface area (Å²) in [5.41, 5.74) is 1.12. The molecule has 1 heterocycles. The van der Waals surface area contributed by atoms with E-state index in [9.17, 15) is 4.39 Å². The maximum absolute atomic E-state index is 12.4. The van der Waals surface area contributed by atoms with Crippen molar-refractivity contribution in [3.63, 3.8) is 0 Å². The van der Waals surface area contributed by atoms with Gasteiger partial charge in [-0.2, -0.15) is 1.33 Å². The third kappa shape index (κ3) is 6.32. The molecule has 0 aliphatic rings. The molecule has 1 aromatic carbocycles. The van der Waals surface area contributed by atoms with Crippen molar-refractivity contribution < 1.29 is 23.7 Å². The second-order valence-corrected chi connectivity index (χ2v) is 9.02. The van der Waals surface area contributed by atoms with Crippen LogP contribution >= 0.6 is 45.7 Å². The van der Waals surface area contributed by atoms with Gasteiger partial charge in [0.1, 0.15) is 5.82 Å². The molecule has 20 heavy (non-hydrogen) atoms. The van der Waals surface area contributed by atoms with Crippen LogP contribution < -0.4 is 0 Å². The normalized spacial score (nSPS) is 10.2. The summed E-state index contributed by atoms with van der Waals surface area (Å²) in [7, 11) is 2.00. The van der Waals surface area contributed by atoms with E-state index in [1.807, 2.05) is 29.9 Å². The Morgan fingerprint density at radius 2 is 1.90 bits per heavy atom. The van der Waals surface area contributed by atoms with Crippen LogP contribution in [0.25, 0.3) is 6.20 Å². The smallest absolute Gasteiger partial charge is 0.123 e. The molecule has 0 aliphatic carbocycles. The number of hydrogen-bond donors (Lipinski definition) is 0. The van der Waals surface area contributed by atoms with Crippen molar-refractivity contribution in [1.29, 1.82) is 0 Å². The van der Waals surface area contributed by atoms with Gasteiger partial charge in [-0.3, -0.25) is 0 Å². The summed E-state index contributed by atoms with van der Waals surface area (Å²) in [5, 5.41) is 0. The van der Waals surface area contributed by atoms with E-state index in [2.05, 4.69) is 71.7 Å². The number of hydrogen-bond acceptors (Lipinski definition) is 1. The SMILES string of the molecule is C=Cn1ccn(C)[c]1=[Pt].Fc1ccc(CN(I)I)cc1. The van der Waals surface area contributed by atoms with Crippen LogP contribution in [0.5, 0.6) is 0 Å². The van der Waals surface area contributed by atoms with Gasteiger partial charge in [-0.15, -0.1) is 0 Å². The van der Waals surface area contributed by atoms with Gasteiger partial charge in [-0.25, -0.2) is 4.39 Å². The van der Waals surface area contributed by atoms with Gasteiger partial charge in [0.15, 0.2) is 0 Å². The average molecular weight is 680 g/mol. The van der Waals surface area contributed by atoms with E-state index in [0.717, 1.165) is 15.9 Å². The summed E-state index contributed by atoms with van der Waals surface area (Å²) in [6, 6.07) is 6.54. The van der Waals surface area contributed by atoms with Crippen LogP contribution in [0.1, 0.15) is 5.56 Å². The fourth-order valence-electron chi connectivity index (χ4n) is 1.33. The van der Waals surface area contributed by atoms with E-state index >= 15 is 0 Å². The summed E-state index contributed by atoms with van der Waals surface area (Å²) in [5.74, 6) is -0.179. The van der Waals surface area contributed by atoms with Gasteiger partial charge in [0, 0.05) is 52.3 Å². The zero-order chi connectivity index (χ0) is 15.1. The topological polar surface area (TPSA) is 13.1 Å². The first-order valence-corrected chi connectivity index (χ1v) is 8.65. The third-order valence-corrected chi connectivity index (χ3v) is 4.40. The van der Waals surface area contributed by atoms with Crippen molar-refractivity contribution in [3.05, 3.63) is 58.4 Å². The number of aryl methyl sites for hydroxylation is 1. The standard InChI is InChI=1S/C7H6FI2N.C6H8N2.Pt/c8-7-3-1-6(2-4-7)5-11(9)10;1-3-8-5-4-7(2)6-8;/h1-4H,5H2;3-5H,1H2,2H3;. The third-order valence-electron chi connectivity index (χ3n) is 2.33. The molecule has 0 atom stereocenters. The molecule has 2 aromatic rings. The van der Waals surface area contributed by atoms with Gasteiger partial charge in [0.2, 0.25) is 0 Å². The fourth-order valence-corrected chi connectivity index (χ4v) is 2.66. The number of benzene rings is 1. The summed E-state index contributed by atoms with van der Waals surface area (Å²) < 4.78 is 19.5. The zero-order valence-electron chi connectivity index (χ0n) is 10.7. The van der Waals surface area contributed by atoms with Gasteiger partial charge in [0.25, 0.3) is 0 Å². The second-order valence-electron chi connectivity index (χ2n) is 3.83. The number of nitrogens with zero attached hydrogens (tertiary/aromatic N) is 3. The molecule has 3 nitrogen and oxygen atoms in total. The molecule has 7 heteroatoms. The maximum atomic E-state index is 12.4. The monoisotopic (exact) mass is 680 g/mol. The maximum Gasteiger partial charge on any atom is 0.123 e. The molecule has 2 rings (SSSR count). The molecule has 0 fully saturated rings. The van der Waals surface area contributed by atoms with Crippen molar-refractivity contribution in [2.75, 3.05) is 0 Å². The Morgan fingerprint density at radius 1 is 1.30 bits per heavy atom. The molecular weight excluding hydrogens is 666 g/mol. The quantitative estimate of drug-likeness (QED) is 0.348. The minimum Gasteiger partial charge on any atom is -0.207 e. The predicted molar refractivity (Wildman–Crippen MR) is 93.0 cm³/mol. The van der Waals surface area contributed by atoms with Gasteiger partial charge in [-0.05, 0) is 17.7 Å². The Hall–Kier alpha value is 0.208. The van der Waals surface area contributed by atoms with Crippen LogP contribution in [0, 0.1) is 9.62 Å². The summed E-state index contributed by atoms with van der Waals surface area (Å²) >= 11 is 6.60. The molecule has 0 N–H and O–H groups in total. The fraction of sp³-hybridized carbons (Fsp3) is 0.154. The second kappa shape index (κ2) is 9.27. The Morgan fingerprint density at radius 3 is 2.25 bits per heavy atom. The predicted octanol–water partition coefficient (Wildman–Crippen LogP) is 4.33. The van der Waals surface area contributed by atoms with Gasteiger partial charge < -0.3 is 0 Å². The molecule has 1 aromatic heterocycles. The van der Waals surface area contributed by atoms with Gasteiger partial charge >= 0.3 is 64.5 Å². The molecule has 0 saturated heterocycles. The van der Waals surface area contributed by atoms with Crippen molar-refractivity contribution in [3.8, 4) is 0 Å². The Labute approximate surface area is 156 Å². The van der Waals surface area contributed by atoms with Crippen LogP contribution in [0.2, 0.25) is 0 Å². The van der Waals surface area contributed by atoms with Crippen LogP contribution in [0.4, 0.5) is 4.39 Å². The van der Waals surface area contributed by atoms with E-state index in [1.165, 1.54) is 12.1 Å². The van der Waals surface area contributed by atoms with E-state index in [-0.39, 0.29) is 5.82 Å². The summed E-state index contributed by atoms with van der Waals surface area (Å²) in [4.78, 5) is 0. The van der Waals surface area contributed by atoms with Crippen LogP contribution in [0.15, 0.2) is 43.2 Å². The van der Waals surface area contributed by atoms with E-state index in [4.69, 9.17) is 0 Å². The molecule has 0 radical (unpaired) electrons. The van der Waals surface area contributed by atoms with Gasteiger partial charge in [-0.1, -0.05) is 12.1 Å². The zero-order valence-corrected chi connectivity index (χ0v) is 17.3. The Balaban J connectivity index is 0.000000204. The van der Waals surface area contributed by atoms with E-state index in [1.54, 1.807) is 18.3 Å². The Bertz CT molecular complexity index is 605. The van der Waals surface area contributed by atoms with Crippen LogP contribution in [-0.4, -0.2) is 10.5 Å². The van der Waals surface area contributed by atoms with Crippen molar-refractivity contribution in [2.24, 2.45) is 7.05 Å². The first-order chi connectivity index (χ1) is 9.43. The number of halogens is 3. The molecule has 0 unspecified atom stereocenters. The summed E-state index contributed by atoms with van der Waals surface area (Å²) in [6.07, 6.45) is 5.74. The number of aromatic nitrogens is 2. The molecule has 0 spiro atoms. The van der Waals surface area contributed by atoms with Crippen molar-refractivity contribution >= 4 is 51.9 Å². The van der Waals surface area contributed by atoms with Crippen LogP contribution in [-0.2, 0) is 32.9 Å². The molecule has 0 bridgehead atoms. The molecular formula is C13H14FI2N3Pt. The molecule has 0 amide bonds. The Kier molecular flexibility index (Phi) is 8.46. The average Bonchev–Trinajstić information content (AvgIpc) is 2.73. The molecule has 0 saturated carbocycles. The van der Waals surface area contributed by atoms with Gasteiger partial charge in [0.05, 0.1) is 0 Å². The van der Waals surface area contributed by atoms with Crippen molar-refractivity contribution in [2.45, 2.75) is 6.54 Å². The summed E-state index contributed by atoms with van der Waals surface area (Å²) in [6.45, 7) is 4.48. The van der Waals surface area contributed by atoms with Crippen LogP contribution in [0.3, 0.4) is 0 Å². The van der Waals surface area contributed by atoms with E-state index < -0.39 is 0 Å². The number of rotatable bonds is 3. The largest absolute Gasteiger partial charge is 0.207 e. The molecule has 0 aliphatic heterocycles. The minimum absolute atomic E-state index is 0.179.